The number of carbonyl (C=O) groups excluding carboxylic acids is 2. The smallest absolute Gasteiger partial charge is 0.239 e. The van der Waals surface area contributed by atoms with Crippen molar-refractivity contribution in [1.82, 2.24) is 10.2 Å². The van der Waals surface area contributed by atoms with Gasteiger partial charge in [-0.25, -0.2) is 0 Å². The highest BCUT2D eigenvalue weighted by molar-refractivity contribution is 5.86. The molecule has 2 fully saturated rings. The van der Waals surface area contributed by atoms with E-state index < -0.39 is 0 Å². The number of hydrogen-bond acceptors (Lipinski definition) is 2. The Kier molecular flexibility index (Phi) is 3.69. The van der Waals surface area contributed by atoms with Crippen LogP contribution in [0, 0.1) is 17.8 Å². The molecule has 0 bridgehead atoms. The Morgan fingerprint density at radius 3 is 2.35 bits per heavy atom. The molecule has 1 N–H and O–H groups in total. The van der Waals surface area contributed by atoms with E-state index in [1.165, 1.54) is 6.42 Å². The summed E-state index contributed by atoms with van der Waals surface area (Å²) in [6.45, 7) is 5.29. The van der Waals surface area contributed by atoms with E-state index in [1.54, 1.807) is 4.90 Å². The van der Waals surface area contributed by atoms with Gasteiger partial charge < -0.3 is 10.2 Å². The molecule has 2 atom stereocenters. The molecule has 0 aromatic carbocycles. The lowest BCUT2D eigenvalue weighted by molar-refractivity contribution is -0.139. The second-order valence-corrected chi connectivity index (χ2v) is 5.23. The molecule has 0 heterocycles. The molecule has 4 heteroatoms. The molecule has 0 aromatic rings. The van der Waals surface area contributed by atoms with Gasteiger partial charge in [-0.15, -0.1) is 0 Å². The minimum absolute atomic E-state index is 0.0501. The van der Waals surface area contributed by atoms with Crippen molar-refractivity contribution in [3.63, 3.8) is 0 Å². The first-order valence-electron chi connectivity index (χ1n) is 6.71. The van der Waals surface area contributed by atoms with Gasteiger partial charge in [-0.1, -0.05) is 0 Å². The third kappa shape index (κ3) is 2.79. The van der Waals surface area contributed by atoms with Gasteiger partial charge in [-0.05, 0) is 44.9 Å². The fraction of sp³-hybridized carbons (Fsp3) is 0.846. The molecule has 0 radical (unpaired) electrons. The van der Waals surface area contributed by atoms with Crippen LogP contribution in [0.1, 0.15) is 33.1 Å². The second-order valence-electron chi connectivity index (χ2n) is 5.23. The van der Waals surface area contributed by atoms with Gasteiger partial charge in [0, 0.05) is 19.0 Å². The molecule has 2 rings (SSSR count). The van der Waals surface area contributed by atoms with Crippen molar-refractivity contribution in [1.29, 1.82) is 0 Å². The van der Waals surface area contributed by atoms with Crippen molar-refractivity contribution >= 4 is 11.8 Å². The molecule has 2 saturated carbocycles. The summed E-state index contributed by atoms with van der Waals surface area (Å²) in [4.78, 5) is 25.4. The van der Waals surface area contributed by atoms with Gasteiger partial charge in [-0.3, -0.25) is 9.59 Å². The van der Waals surface area contributed by atoms with Crippen LogP contribution in [-0.4, -0.2) is 36.3 Å². The minimum Gasteiger partial charge on any atom is -0.355 e. The average molecular weight is 238 g/mol. The molecule has 0 aromatic heterocycles. The van der Waals surface area contributed by atoms with E-state index >= 15 is 0 Å². The summed E-state index contributed by atoms with van der Waals surface area (Å²) in [6.07, 6.45) is 3.43. The lowest BCUT2D eigenvalue weighted by atomic mass is 10.0. The van der Waals surface area contributed by atoms with Crippen molar-refractivity contribution in [3.8, 4) is 0 Å². The van der Waals surface area contributed by atoms with Crippen LogP contribution in [0.15, 0.2) is 0 Å². The number of nitrogens with zero attached hydrogens (tertiary/aromatic N) is 1. The van der Waals surface area contributed by atoms with Crippen molar-refractivity contribution in [2.75, 3.05) is 19.6 Å². The Bertz CT molecular complexity index is 307. The van der Waals surface area contributed by atoms with E-state index in [4.69, 9.17) is 0 Å². The second kappa shape index (κ2) is 5.07. The van der Waals surface area contributed by atoms with Crippen LogP contribution in [0.5, 0.6) is 0 Å². The monoisotopic (exact) mass is 238 g/mol. The lowest BCUT2D eigenvalue weighted by Crippen LogP contribution is -2.43. The van der Waals surface area contributed by atoms with Crippen molar-refractivity contribution in [2.24, 2.45) is 17.8 Å². The number of fused-ring (bicyclic) bond motifs is 1. The lowest BCUT2D eigenvalue weighted by Gasteiger charge is -2.24. The van der Waals surface area contributed by atoms with E-state index in [2.05, 4.69) is 5.32 Å². The largest absolute Gasteiger partial charge is 0.355 e. The zero-order chi connectivity index (χ0) is 12.4. The Labute approximate surface area is 103 Å². The summed E-state index contributed by atoms with van der Waals surface area (Å²) in [7, 11) is 0. The Hall–Kier alpha value is -1.06. The summed E-state index contributed by atoms with van der Waals surface area (Å²) in [6, 6.07) is 0. The van der Waals surface area contributed by atoms with E-state index in [0.717, 1.165) is 24.7 Å². The minimum atomic E-state index is -0.0501. The average Bonchev–Trinajstić information content (AvgIpc) is 2.92. The zero-order valence-electron chi connectivity index (χ0n) is 10.7. The first kappa shape index (κ1) is 12.4. The molecule has 4 nitrogen and oxygen atoms in total. The standard InChI is InChI=1S/C13H22N2O2/c1-3-14-12(16)8-15(4-2)13(17)11-6-9-5-10(9)7-11/h9-11H,3-8H2,1-2H3,(H,14,16). The third-order valence-corrected chi connectivity index (χ3v) is 3.99. The van der Waals surface area contributed by atoms with Crippen LogP contribution in [0.3, 0.4) is 0 Å². The van der Waals surface area contributed by atoms with Crippen LogP contribution in [-0.2, 0) is 9.59 Å². The fourth-order valence-electron chi connectivity index (χ4n) is 2.95. The topological polar surface area (TPSA) is 49.4 Å². The summed E-state index contributed by atoms with van der Waals surface area (Å²) in [5.41, 5.74) is 0. The summed E-state index contributed by atoms with van der Waals surface area (Å²) in [5.74, 6) is 1.95. The SMILES string of the molecule is CCNC(=O)CN(CC)C(=O)C1CC2CC2C1. The van der Waals surface area contributed by atoms with Crippen molar-refractivity contribution in [3.05, 3.63) is 0 Å². The molecule has 17 heavy (non-hydrogen) atoms. The van der Waals surface area contributed by atoms with E-state index in [1.807, 2.05) is 13.8 Å². The van der Waals surface area contributed by atoms with Crippen molar-refractivity contribution < 1.29 is 9.59 Å². The molecule has 0 spiro atoms. The maximum atomic E-state index is 12.2. The van der Waals surface area contributed by atoms with Gasteiger partial charge in [0.1, 0.15) is 0 Å². The Morgan fingerprint density at radius 2 is 1.82 bits per heavy atom. The maximum absolute atomic E-state index is 12.2. The predicted molar refractivity (Wildman–Crippen MR) is 65.3 cm³/mol. The van der Waals surface area contributed by atoms with Crippen LogP contribution in [0.25, 0.3) is 0 Å². The molecular formula is C13H22N2O2. The normalized spacial score (nSPS) is 29.6. The van der Waals surface area contributed by atoms with Gasteiger partial charge in [0.15, 0.2) is 0 Å². The van der Waals surface area contributed by atoms with Gasteiger partial charge in [0.25, 0.3) is 0 Å². The van der Waals surface area contributed by atoms with Crippen LogP contribution in [0.4, 0.5) is 0 Å². The highest BCUT2D eigenvalue weighted by atomic mass is 16.2. The van der Waals surface area contributed by atoms with Crippen LogP contribution >= 0.6 is 0 Å². The molecule has 0 aliphatic heterocycles. The number of rotatable bonds is 5. The van der Waals surface area contributed by atoms with Crippen molar-refractivity contribution in [2.45, 2.75) is 33.1 Å². The van der Waals surface area contributed by atoms with Gasteiger partial charge in [0.2, 0.25) is 11.8 Å². The number of nitrogens with one attached hydrogen (secondary N) is 1. The zero-order valence-corrected chi connectivity index (χ0v) is 10.7. The molecule has 2 aliphatic carbocycles. The summed E-state index contributed by atoms with van der Waals surface area (Å²) >= 11 is 0. The molecule has 2 amide bonds. The molecule has 0 saturated heterocycles. The number of likely N-dealkylation sites (N-methyl/N-ethyl adjacent to an activating group) is 2. The van der Waals surface area contributed by atoms with Gasteiger partial charge >= 0.3 is 0 Å². The third-order valence-electron chi connectivity index (χ3n) is 3.99. The number of hydrogen-bond donors (Lipinski definition) is 1. The molecular weight excluding hydrogens is 216 g/mol. The first-order valence-corrected chi connectivity index (χ1v) is 6.71. The number of carbonyl (C=O) groups is 2. The maximum Gasteiger partial charge on any atom is 0.239 e. The highest BCUT2D eigenvalue weighted by Gasteiger charge is 2.48. The van der Waals surface area contributed by atoms with Crippen LogP contribution in [0.2, 0.25) is 0 Å². The van der Waals surface area contributed by atoms with E-state index in [9.17, 15) is 9.59 Å². The fourth-order valence-corrected chi connectivity index (χ4v) is 2.95. The highest BCUT2D eigenvalue weighted by Crippen LogP contribution is 2.54. The van der Waals surface area contributed by atoms with E-state index in [-0.39, 0.29) is 24.3 Å². The number of amides is 2. The summed E-state index contributed by atoms with van der Waals surface area (Å²) < 4.78 is 0. The van der Waals surface area contributed by atoms with Gasteiger partial charge in [0.05, 0.1) is 6.54 Å². The Balaban J connectivity index is 1.84. The quantitative estimate of drug-likeness (QED) is 0.777. The van der Waals surface area contributed by atoms with Crippen LogP contribution < -0.4 is 5.32 Å². The predicted octanol–water partition coefficient (Wildman–Crippen LogP) is 1.02. The first-order chi connectivity index (χ1) is 8.15. The molecule has 96 valence electrons. The summed E-state index contributed by atoms with van der Waals surface area (Å²) in [5, 5.41) is 2.74. The Morgan fingerprint density at radius 1 is 1.18 bits per heavy atom. The molecule has 2 unspecified atom stereocenters. The van der Waals surface area contributed by atoms with Gasteiger partial charge in [-0.2, -0.15) is 0 Å². The molecule has 2 aliphatic rings. The van der Waals surface area contributed by atoms with E-state index in [0.29, 0.717) is 13.1 Å².